The number of amides is 2. The number of hydrogen-bond donors (Lipinski definition) is 0. The zero-order valence-corrected chi connectivity index (χ0v) is 18.1. The van der Waals surface area contributed by atoms with Gasteiger partial charge in [-0.3, -0.25) is 9.59 Å². The molecule has 2 amide bonds. The minimum Gasteiger partial charge on any atom is -0.476 e. The highest BCUT2D eigenvalue weighted by Crippen LogP contribution is 2.39. The van der Waals surface area contributed by atoms with Crippen LogP contribution in [0.1, 0.15) is 39.7 Å². The summed E-state index contributed by atoms with van der Waals surface area (Å²) in [5.41, 5.74) is 0.690. The molecule has 2 aromatic carbocycles. The first-order valence-electron chi connectivity index (χ1n) is 9.83. The lowest BCUT2D eigenvalue weighted by Gasteiger charge is -2.39. The zero-order chi connectivity index (χ0) is 21.2. The number of rotatable bonds is 6. The van der Waals surface area contributed by atoms with Gasteiger partial charge in [-0.1, -0.05) is 41.9 Å². The van der Waals surface area contributed by atoms with Crippen LogP contribution in [0, 0.1) is 0 Å². The van der Waals surface area contributed by atoms with Crippen molar-refractivity contribution in [2.75, 3.05) is 11.4 Å². The Morgan fingerprint density at radius 1 is 1.17 bits per heavy atom. The van der Waals surface area contributed by atoms with Gasteiger partial charge >= 0.3 is 0 Å². The lowest BCUT2D eigenvalue weighted by molar-refractivity contribution is -0.134. The van der Waals surface area contributed by atoms with E-state index in [2.05, 4.69) is 0 Å². The van der Waals surface area contributed by atoms with Crippen LogP contribution in [0.2, 0.25) is 5.02 Å². The second-order valence-corrected chi connectivity index (χ2v) is 8.47. The van der Waals surface area contributed by atoms with Crippen LogP contribution in [-0.4, -0.2) is 34.9 Å². The summed E-state index contributed by atoms with van der Waals surface area (Å²) in [5.74, 6) is 0.417. The molecule has 0 aliphatic carbocycles. The molecule has 0 unspecified atom stereocenters. The highest BCUT2D eigenvalue weighted by molar-refractivity contribution is 6.31. The summed E-state index contributed by atoms with van der Waals surface area (Å²) in [6.45, 7) is 8.28. The molecule has 154 valence electrons. The Kier molecular flexibility index (Phi) is 6.18. The van der Waals surface area contributed by atoms with Crippen LogP contribution in [0.4, 0.5) is 5.69 Å². The molecule has 1 aliphatic heterocycles. The molecule has 5 nitrogen and oxygen atoms in total. The third-order valence-electron chi connectivity index (χ3n) is 5.03. The minimum atomic E-state index is -0.994. The van der Waals surface area contributed by atoms with E-state index in [1.54, 1.807) is 36.9 Å². The lowest BCUT2D eigenvalue weighted by atomic mass is 10.0. The number of anilines is 1. The Morgan fingerprint density at radius 2 is 1.86 bits per heavy atom. The Morgan fingerprint density at radius 3 is 2.52 bits per heavy atom. The normalized spacial score (nSPS) is 15.1. The van der Waals surface area contributed by atoms with E-state index in [9.17, 15) is 9.59 Å². The maximum absolute atomic E-state index is 13.0. The molecule has 0 aromatic heterocycles. The van der Waals surface area contributed by atoms with Crippen LogP contribution in [0.25, 0.3) is 0 Å². The number of carbonyl (C=O) groups is 2. The summed E-state index contributed by atoms with van der Waals surface area (Å²) >= 11 is 6.14. The van der Waals surface area contributed by atoms with Crippen LogP contribution in [0.3, 0.4) is 0 Å². The molecule has 0 radical (unpaired) electrons. The fourth-order valence-electron chi connectivity index (χ4n) is 3.45. The molecule has 29 heavy (non-hydrogen) atoms. The van der Waals surface area contributed by atoms with E-state index in [-0.39, 0.29) is 30.8 Å². The summed E-state index contributed by atoms with van der Waals surface area (Å²) < 4.78 is 5.84. The molecule has 1 aliphatic rings. The quantitative estimate of drug-likeness (QED) is 0.690. The number of fused-ring (bicyclic) bond motifs is 1. The SMILES string of the molecule is CC(C)N(Cc1ccccc1)C(=O)CCN1C(=O)C(C)(C)Oc2ccc(Cl)cc21. The maximum Gasteiger partial charge on any atom is 0.270 e. The zero-order valence-electron chi connectivity index (χ0n) is 17.3. The van der Waals surface area contributed by atoms with Gasteiger partial charge in [0.1, 0.15) is 5.75 Å². The van der Waals surface area contributed by atoms with E-state index in [1.807, 2.05) is 49.1 Å². The number of ether oxygens (including phenoxy) is 1. The van der Waals surface area contributed by atoms with Crippen molar-refractivity contribution in [3.63, 3.8) is 0 Å². The van der Waals surface area contributed by atoms with E-state index in [0.29, 0.717) is 23.0 Å². The second-order valence-electron chi connectivity index (χ2n) is 8.03. The van der Waals surface area contributed by atoms with Crippen molar-refractivity contribution in [3.05, 3.63) is 59.1 Å². The Balaban J connectivity index is 1.77. The first-order valence-corrected chi connectivity index (χ1v) is 10.2. The summed E-state index contributed by atoms with van der Waals surface area (Å²) in [4.78, 5) is 29.4. The molecule has 2 aromatic rings. The standard InChI is InChI=1S/C23H27ClN2O3/c1-16(2)26(15-17-8-6-5-7-9-17)21(27)12-13-25-19-14-18(24)10-11-20(19)29-23(3,4)22(25)28/h5-11,14,16H,12-13,15H2,1-4H3. The topological polar surface area (TPSA) is 49.9 Å². The third kappa shape index (κ3) is 4.73. The molecular formula is C23H27ClN2O3. The molecule has 0 saturated heterocycles. The molecule has 0 saturated carbocycles. The van der Waals surface area contributed by atoms with Crippen molar-refractivity contribution in [1.82, 2.24) is 4.90 Å². The van der Waals surface area contributed by atoms with Crippen molar-refractivity contribution in [3.8, 4) is 5.75 Å². The molecule has 0 spiro atoms. The fraction of sp³-hybridized carbons (Fsp3) is 0.391. The Labute approximate surface area is 177 Å². The van der Waals surface area contributed by atoms with Gasteiger partial charge in [-0.2, -0.15) is 0 Å². The molecule has 0 N–H and O–H groups in total. The number of halogens is 1. The molecule has 0 bridgehead atoms. The predicted molar refractivity (Wildman–Crippen MR) is 115 cm³/mol. The number of nitrogens with zero attached hydrogens (tertiary/aromatic N) is 2. The lowest BCUT2D eigenvalue weighted by Crippen LogP contribution is -2.53. The fourth-order valence-corrected chi connectivity index (χ4v) is 3.62. The molecule has 1 heterocycles. The highest BCUT2D eigenvalue weighted by Gasteiger charge is 2.41. The number of carbonyl (C=O) groups excluding carboxylic acids is 2. The summed E-state index contributed by atoms with van der Waals surface area (Å²) in [6, 6.07) is 15.2. The number of hydrogen-bond acceptors (Lipinski definition) is 3. The van der Waals surface area contributed by atoms with Crippen molar-refractivity contribution in [2.45, 2.75) is 52.3 Å². The number of benzene rings is 2. The van der Waals surface area contributed by atoms with Gasteiger partial charge in [0.2, 0.25) is 5.91 Å². The molecule has 0 fully saturated rings. The van der Waals surface area contributed by atoms with Crippen molar-refractivity contribution in [1.29, 1.82) is 0 Å². The van der Waals surface area contributed by atoms with Crippen LogP contribution in [0.5, 0.6) is 5.75 Å². The predicted octanol–water partition coefficient (Wildman–Crippen LogP) is 4.67. The first kappa shape index (κ1) is 21.2. The van der Waals surface area contributed by atoms with Gasteiger partial charge < -0.3 is 14.5 Å². The van der Waals surface area contributed by atoms with Gasteiger partial charge in [-0.05, 0) is 51.5 Å². The van der Waals surface area contributed by atoms with Gasteiger partial charge in [0.05, 0.1) is 5.69 Å². The van der Waals surface area contributed by atoms with Crippen LogP contribution in [0.15, 0.2) is 48.5 Å². The summed E-state index contributed by atoms with van der Waals surface area (Å²) in [5, 5.41) is 0.518. The van der Waals surface area contributed by atoms with Gasteiger partial charge in [0, 0.05) is 30.6 Å². The van der Waals surface area contributed by atoms with Crippen molar-refractivity contribution < 1.29 is 14.3 Å². The molecule has 0 atom stereocenters. The second kappa shape index (κ2) is 8.46. The van der Waals surface area contributed by atoms with Gasteiger partial charge in [-0.25, -0.2) is 0 Å². The first-order chi connectivity index (χ1) is 13.7. The average molecular weight is 415 g/mol. The highest BCUT2D eigenvalue weighted by atomic mass is 35.5. The van der Waals surface area contributed by atoms with E-state index < -0.39 is 5.60 Å². The van der Waals surface area contributed by atoms with Crippen LogP contribution in [-0.2, 0) is 16.1 Å². The van der Waals surface area contributed by atoms with E-state index >= 15 is 0 Å². The molecule has 3 rings (SSSR count). The minimum absolute atomic E-state index is 0.00419. The van der Waals surface area contributed by atoms with E-state index in [4.69, 9.17) is 16.3 Å². The van der Waals surface area contributed by atoms with E-state index in [1.165, 1.54) is 0 Å². The monoisotopic (exact) mass is 414 g/mol. The van der Waals surface area contributed by atoms with Gasteiger partial charge in [-0.15, -0.1) is 0 Å². The van der Waals surface area contributed by atoms with Gasteiger partial charge in [0.15, 0.2) is 5.60 Å². The van der Waals surface area contributed by atoms with Gasteiger partial charge in [0.25, 0.3) is 5.91 Å². The van der Waals surface area contributed by atoms with Crippen LogP contribution >= 0.6 is 11.6 Å². The maximum atomic E-state index is 13.0. The van der Waals surface area contributed by atoms with Crippen molar-refractivity contribution >= 4 is 29.1 Å². The average Bonchev–Trinajstić information content (AvgIpc) is 2.67. The van der Waals surface area contributed by atoms with Crippen molar-refractivity contribution in [2.24, 2.45) is 0 Å². The largest absolute Gasteiger partial charge is 0.476 e. The van der Waals surface area contributed by atoms with E-state index in [0.717, 1.165) is 5.56 Å². The van der Waals surface area contributed by atoms with Crippen LogP contribution < -0.4 is 9.64 Å². The summed E-state index contributed by atoms with van der Waals surface area (Å²) in [7, 11) is 0. The smallest absolute Gasteiger partial charge is 0.270 e. The molecule has 6 heteroatoms. The Bertz CT molecular complexity index is 896. The molecular weight excluding hydrogens is 388 g/mol. The summed E-state index contributed by atoms with van der Waals surface area (Å²) in [6.07, 6.45) is 0.221. The third-order valence-corrected chi connectivity index (χ3v) is 5.26. The Hall–Kier alpha value is -2.53.